The van der Waals surface area contributed by atoms with Gasteiger partial charge in [0.1, 0.15) is 5.82 Å². The first kappa shape index (κ1) is 18.9. The fourth-order valence-electron chi connectivity index (χ4n) is 2.06. The molecule has 1 rings (SSSR count). The average molecular weight is 321 g/mol. The van der Waals surface area contributed by atoms with Gasteiger partial charge >= 0.3 is 5.97 Å². The molecule has 0 spiro atoms. The Balaban J connectivity index is 2.64. The topological polar surface area (TPSA) is 46.6 Å². The van der Waals surface area contributed by atoms with E-state index in [1.165, 1.54) is 25.3 Å². The molecule has 1 aromatic rings. The first-order chi connectivity index (χ1) is 11.1. The molecule has 0 bridgehead atoms. The van der Waals surface area contributed by atoms with Gasteiger partial charge in [-0.2, -0.15) is 0 Å². The summed E-state index contributed by atoms with van der Waals surface area (Å²) in [6, 6.07) is 5.91. The van der Waals surface area contributed by atoms with E-state index in [4.69, 9.17) is 0 Å². The van der Waals surface area contributed by atoms with Gasteiger partial charge in [-0.3, -0.25) is 9.59 Å². The molecule has 4 nitrogen and oxygen atoms in total. The highest BCUT2D eigenvalue weighted by molar-refractivity contribution is 5.92. The average Bonchev–Trinajstić information content (AvgIpc) is 2.56. The summed E-state index contributed by atoms with van der Waals surface area (Å²) in [6.07, 6.45) is 6.27. The zero-order chi connectivity index (χ0) is 17.1. The second-order valence-corrected chi connectivity index (χ2v) is 5.24. The lowest BCUT2D eigenvalue weighted by atomic mass is 10.2. The minimum absolute atomic E-state index is 0.158. The monoisotopic (exact) mass is 321 g/mol. The summed E-state index contributed by atoms with van der Waals surface area (Å²) >= 11 is 0. The van der Waals surface area contributed by atoms with Crippen molar-refractivity contribution < 1.29 is 18.7 Å². The predicted molar refractivity (Wildman–Crippen MR) is 88.2 cm³/mol. The lowest BCUT2D eigenvalue weighted by Crippen LogP contribution is -2.32. The van der Waals surface area contributed by atoms with Crippen LogP contribution >= 0.6 is 0 Å². The molecule has 0 aliphatic carbocycles. The van der Waals surface area contributed by atoms with Crippen LogP contribution in [0.5, 0.6) is 0 Å². The predicted octanol–water partition coefficient (Wildman–Crippen LogP) is 3.42. The third kappa shape index (κ3) is 7.58. The maximum Gasteiger partial charge on any atom is 0.307 e. The molecule has 1 aromatic carbocycles. The first-order valence-corrected chi connectivity index (χ1v) is 7.86. The van der Waals surface area contributed by atoms with E-state index in [0.717, 1.165) is 24.8 Å². The molecule has 0 fully saturated rings. The highest BCUT2D eigenvalue weighted by Gasteiger charge is 2.12. The normalized spacial score (nSPS) is 10.7. The number of rotatable bonds is 9. The maximum atomic E-state index is 12.9. The molecule has 0 saturated carbocycles. The van der Waals surface area contributed by atoms with Gasteiger partial charge in [-0.15, -0.1) is 0 Å². The van der Waals surface area contributed by atoms with E-state index in [1.54, 1.807) is 23.1 Å². The van der Waals surface area contributed by atoms with E-state index >= 15 is 0 Å². The van der Waals surface area contributed by atoms with Crippen molar-refractivity contribution in [3.8, 4) is 0 Å². The Hall–Kier alpha value is -2.17. The van der Waals surface area contributed by atoms with Crippen LogP contribution in [0.4, 0.5) is 4.39 Å². The minimum atomic E-state index is -0.333. The smallest absolute Gasteiger partial charge is 0.307 e. The number of benzene rings is 1. The summed E-state index contributed by atoms with van der Waals surface area (Å²) in [4.78, 5) is 25.2. The van der Waals surface area contributed by atoms with Crippen LogP contribution in [0.25, 0.3) is 6.08 Å². The van der Waals surface area contributed by atoms with Gasteiger partial charge in [-0.25, -0.2) is 4.39 Å². The second kappa shape index (κ2) is 10.5. The molecule has 0 aromatic heterocycles. The number of halogens is 1. The van der Waals surface area contributed by atoms with E-state index in [-0.39, 0.29) is 24.1 Å². The molecular weight excluding hydrogens is 297 g/mol. The number of nitrogens with zero attached hydrogens (tertiary/aromatic N) is 1. The number of carbonyl (C=O) groups excluding carboxylic acids is 2. The Kier molecular flexibility index (Phi) is 8.65. The number of methoxy groups -OCH3 is 1. The number of hydrogen-bond acceptors (Lipinski definition) is 3. The summed E-state index contributed by atoms with van der Waals surface area (Å²) in [5.74, 6) is -0.803. The molecule has 5 heteroatoms. The molecule has 0 aliphatic heterocycles. The van der Waals surface area contributed by atoms with Crippen molar-refractivity contribution in [1.29, 1.82) is 0 Å². The molecule has 0 radical (unpaired) electrons. The van der Waals surface area contributed by atoms with Crippen LogP contribution in [0, 0.1) is 5.82 Å². The van der Waals surface area contributed by atoms with Crippen molar-refractivity contribution in [1.82, 2.24) is 4.90 Å². The van der Waals surface area contributed by atoms with Gasteiger partial charge in [0.05, 0.1) is 13.5 Å². The molecule has 0 saturated heterocycles. The zero-order valence-corrected chi connectivity index (χ0v) is 13.8. The third-order valence-electron chi connectivity index (χ3n) is 3.45. The van der Waals surface area contributed by atoms with Crippen molar-refractivity contribution >= 4 is 18.0 Å². The van der Waals surface area contributed by atoms with Crippen molar-refractivity contribution in [2.24, 2.45) is 0 Å². The first-order valence-electron chi connectivity index (χ1n) is 7.86. The quantitative estimate of drug-likeness (QED) is 0.398. The van der Waals surface area contributed by atoms with Gasteiger partial charge in [0.2, 0.25) is 5.91 Å². The third-order valence-corrected chi connectivity index (χ3v) is 3.45. The lowest BCUT2D eigenvalue weighted by molar-refractivity contribution is -0.141. The summed E-state index contributed by atoms with van der Waals surface area (Å²) in [5, 5.41) is 0. The molecule has 126 valence electrons. The second-order valence-electron chi connectivity index (χ2n) is 5.24. The fourth-order valence-corrected chi connectivity index (χ4v) is 2.06. The van der Waals surface area contributed by atoms with Gasteiger partial charge in [0.15, 0.2) is 0 Å². The summed E-state index contributed by atoms with van der Waals surface area (Å²) < 4.78 is 17.5. The van der Waals surface area contributed by atoms with Crippen molar-refractivity contribution in [3.63, 3.8) is 0 Å². The molecule has 0 atom stereocenters. The van der Waals surface area contributed by atoms with Crippen LogP contribution in [0.2, 0.25) is 0 Å². The van der Waals surface area contributed by atoms with Crippen LogP contribution in [0.3, 0.4) is 0 Å². The van der Waals surface area contributed by atoms with Gasteiger partial charge in [0.25, 0.3) is 0 Å². The Bertz CT molecular complexity index is 526. The van der Waals surface area contributed by atoms with E-state index in [9.17, 15) is 14.0 Å². The van der Waals surface area contributed by atoms with Crippen molar-refractivity contribution in [2.45, 2.75) is 32.6 Å². The van der Waals surface area contributed by atoms with Crippen molar-refractivity contribution in [3.05, 3.63) is 41.7 Å². The highest BCUT2D eigenvalue weighted by atomic mass is 19.1. The van der Waals surface area contributed by atoms with Gasteiger partial charge < -0.3 is 9.64 Å². The largest absolute Gasteiger partial charge is 0.469 e. The van der Waals surface area contributed by atoms with Crippen LogP contribution in [-0.2, 0) is 14.3 Å². The SMILES string of the molecule is CCCCCN(CCC(=O)OC)C(=O)/C=C/c1ccc(F)cc1. The van der Waals surface area contributed by atoms with Crippen molar-refractivity contribution in [2.75, 3.05) is 20.2 Å². The molecule has 23 heavy (non-hydrogen) atoms. The Morgan fingerprint density at radius 1 is 1.17 bits per heavy atom. The standard InChI is InChI=1S/C18H24FNO3/c1-3-4-5-13-20(14-12-18(22)23-2)17(21)11-8-15-6-9-16(19)10-7-15/h6-11H,3-5,12-14H2,1-2H3/b11-8+. The van der Waals surface area contributed by atoms with E-state index < -0.39 is 0 Å². The Labute approximate surface area is 136 Å². The lowest BCUT2D eigenvalue weighted by Gasteiger charge is -2.20. The van der Waals surface area contributed by atoms with Gasteiger partial charge in [-0.1, -0.05) is 31.9 Å². The van der Waals surface area contributed by atoms with Gasteiger partial charge in [0, 0.05) is 19.2 Å². The van der Waals surface area contributed by atoms with Crippen LogP contribution in [0.1, 0.15) is 38.2 Å². The molecule has 0 unspecified atom stereocenters. The Morgan fingerprint density at radius 2 is 1.87 bits per heavy atom. The van der Waals surface area contributed by atoms with Gasteiger partial charge in [-0.05, 0) is 30.2 Å². The number of carbonyl (C=O) groups is 2. The van der Waals surface area contributed by atoms with E-state index in [2.05, 4.69) is 11.7 Å². The number of unbranched alkanes of at least 4 members (excludes halogenated alkanes) is 2. The number of esters is 1. The molecule has 0 heterocycles. The molecular formula is C18H24FNO3. The molecule has 0 aliphatic rings. The van der Waals surface area contributed by atoms with Crippen LogP contribution in [-0.4, -0.2) is 37.0 Å². The highest BCUT2D eigenvalue weighted by Crippen LogP contribution is 2.07. The molecule has 1 amide bonds. The number of amides is 1. The summed E-state index contributed by atoms with van der Waals surface area (Å²) in [7, 11) is 1.33. The van der Waals surface area contributed by atoms with E-state index in [0.29, 0.717) is 13.1 Å². The Morgan fingerprint density at radius 3 is 2.48 bits per heavy atom. The maximum absolute atomic E-state index is 12.9. The number of hydrogen-bond donors (Lipinski definition) is 0. The minimum Gasteiger partial charge on any atom is -0.469 e. The number of ether oxygens (including phenoxy) is 1. The summed E-state index contributed by atoms with van der Waals surface area (Å²) in [5.41, 5.74) is 0.751. The van der Waals surface area contributed by atoms with E-state index in [1.807, 2.05) is 0 Å². The summed E-state index contributed by atoms with van der Waals surface area (Å²) in [6.45, 7) is 3.04. The molecule has 0 N–H and O–H groups in total. The fraction of sp³-hybridized carbons (Fsp3) is 0.444. The van der Waals surface area contributed by atoms with Crippen LogP contribution < -0.4 is 0 Å². The van der Waals surface area contributed by atoms with Crippen LogP contribution in [0.15, 0.2) is 30.3 Å². The zero-order valence-electron chi connectivity index (χ0n) is 13.8.